The van der Waals surface area contributed by atoms with Gasteiger partial charge in [0.05, 0.1) is 25.5 Å². The fourth-order valence-corrected chi connectivity index (χ4v) is 1.53. The van der Waals surface area contributed by atoms with Gasteiger partial charge in [-0.15, -0.1) is 5.10 Å². The van der Waals surface area contributed by atoms with Crippen molar-refractivity contribution in [2.45, 2.75) is 32.7 Å². The van der Waals surface area contributed by atoms with E-state index in [2.05, 4.69) is 22.0 Å². The molecule has 0 aliphatic rings. The van der Waals surface area contributed by atoms with E-state index in [-0.39, 0.29) is 11.7 Å². The third-order valence-corrected chi connectivity index (χ3v) is 2.72. The van der Waals surface area contributed by atoms with Crippen LogP contribution in [0.2, 0.25) is 0 Å². The molecule has 0 spiro atoms. The summed E-state index contributed by atoms with van der Waals surface area (Å²) < 4.78 is 11.5. The Morgan fingerprint density at radius 1 is 1.47 bits per heavy atom. The monoisotopic (exact) mass is 241 g/mol. The zero-order valence-electron chi connectivity index (χ0n) is 10.8. The molecule has 1 aromatic rings. The molecule has 17 heavy (non-hydrogen) atoms. The second kappa shape index (κ2) is 6.34. The molecule has 0 aliphatic heterocycles. The molecule has 6 heteroatoms. The molecule has 6 nitrogen and oxygen atoms in total. The summed E-state index contributed by atoms with van der Waals surface area (Å²) in [6.07, 6.45) is 1.52. The average molecular weight is 241 g/mol. The number of rotatable bonds is 6. The first-order valence-corrected chi connectivity index (χ1v) is 5.67. The van der Waals surface area contributed by atoms with E-state index in [4.69, 9.17) is 4.74 Å². The average Bonchev–Trinajstić information content (AvgIpc) is 2.77. The number of ether oxygens (including phenoxy) is 2. The lowest BCUT2D eigenvalue weighted by atomic mass is 10.2. The SMILES string of the molecule is CCC(C)n1nnc(C(=O)OC)c1CCOC. The molecule has 0 N–H and O–H groups in total. The van der Waals surface area contributed by atoms with Crippen molar-refractivity contribution in [2.75, 3.05) is 20.8 Å². The first-order valence-electron chi connectivity index (χ1n) is 5.67. The Kier molecular flexibility index (Phi) is 5.09. The maximum atomic E-state index is 11.5. The largest absolute Gasteiger partial charge is 0.464 e. The summed E-state index contributed by atoms with van der Waals surface area (Å²) in [6.45, 7) is 4.62. The lowest BCUT2D eigenvalue weighted by Crippen LogP contribution is -2.14. The molecule has 1 atom stereocenters. The van der Waals surface area contributed by atoms with E-state index in [0.29, 0.717) is 13.0 Å². The van der Waals surface area contributed by atoms with Crippen molar-refractivity contribution in [3.63, 3.8) is 0 Å². The number of carbonyl (C=O) groups excluding carboxylic acids is 1. The quantitative estimate of drug-likeness (QED) is 0.701. The van der Waals surface area contributed by atoms with Crippen LogP contribution >= 0.6 is 0 Å². The van der Waals surface area contributed by atoms with E-state index >= 15 is 0 Å². The van der Waals surface area contributed by atoms with Crippen LogP contribution in [0.15, 0.2) is 0 Å². The summed E-state index contributed by atoms with van der Waals surface area (Å²) >= 11 is 0. The molecule has 0 saturated carbocycles. The van der Waals surface area contributed by atoms with Gasteiger partial charge in [-0.05, 0) is 13.3 Å². The summed E-state index contributed by atoms with van der Waals surface area (Å²) in [6, 6.07) is 0.202. The van der Waals surface area contributed by atoms with Gasteiger partial charge in [-0.3, -0.25) is 0 Å². The van der Waals surface area contributed by atoms with Crippen molar-refractivity contribution in [1.29, 1.82) is 0 Å². The van der Waals surface area contributed by atoms with Gasteiger partial charge in [0, 0.05) is 13.5 Å². The highest BCUT2D eigenvalue weighted by Gasteiger charge is 2.21. The van der Waals surface area contributed by atoms with Crippen LogP contribution in [0.1, 0.15) is 42.5 Å². The standard InChI is InChI=1S/C11H19N3O3/c1-5-8(2)14-9(6-7-16-3)10(12-13-14)11(15)17-4/h8H,5-7H2,1-4H3. The predicted octanol–water partition coefficient (Wildman–Crippen LogP) is 1.22. The number of hydrogen-bond acceptors (Lipinski definition) is 5. The molecule has 1 unspecified atom stereocenters. The predicted molar refractivity (Wildman–Crippen MR) is 61.9 cm³/mol. The van der Waals surface area contributed by atoms with Gasteiger partial charge in [0.25, 0.3) is 0 Å². The lowest BCUT2D eigenvalue weighted by molar-refractivity contribution is 0.0592. The lowest BCUT2D eigenvalue weighted by Gasteiger charge is -2.12. The number of methoxy groups -OCH3 is 2. The highest BCUT2D eigenvalue weighted by molar-refractivity contribution is 5.88. The van der Waals surface area contributed by atoms with E-state index in [0.717, 1.165) is 12.1 Å². The maximum Gasteiger partial charge on any atom is 0.360 e. The zero-order valence-corrected chi connectivity index (χ0v) is 10.8. The smallest absolute Gasteiger partial charge is 0.360 e. The van der Waals surface area contributed by atoms with Crippen molar-refractivity contribution in [3.8, 4) is 0 Å². The van der Waals surface area contributed by atoms with Gasteiger partial charge in [-0.2, -0.15) is 0 Å². The van der Waals surface area contributed by atoms with Gasteiger partial charge >= 0.3 is 5.97 Å². The van der Waals surface area contributed by atoms with Crippen molar-refractivity contribution >= 4 is 5.97 Å². The highest BCUT2D eigenvalue weighted by atomic mass is 16.5. The van der Waals surface area contributed by atoms with Crippen LogP contribution in [-0.2, 0) is 15.9 Å². The number of hydrogen-bond donors (Lipinski definition) is 0. The van der Waals surface area contributed by atoms with Crippen molar-refractivity contribution in [2.24, 2.45) is 0 Å². The molecule has 0 saturated heterocycles. The second-order valence-electron chi connectivity index (χ2n) is 3.82. The van der Waals surface area contributed by atoms with Crippen LogP contribution in [0.25, 0.3) is 0 Å². The molecule has 1 heterocycles. The van der Waals surface area contributed by atoms with Crippen LogP contribution in [0, 0.1) is 0 Å². The normalized spacial score (nSPS) is 12.5. The third-order valence-electron chi connectivity index (χ3n) is 2.72. The number of aromatic nitrogens is 3. The summed E-state index contributed by atoms with van der Waals surface area (Å²) in [7, 11) is 2.96. The minimum atomic E-state index is -0.453. The van der Waals surface area contributed by atoms with Crippen LogP contribution in [-0.4, -0.2) is 41.8 Å². The molecular formula is C11H19N3O3. The minimum Gasteiger partial charge on any atom is -0.464 e. The summed E-state index contributed by atoms with van der Waals surface area (Å²) in [5.41, 5.74) is 1.05. The van der Waals surface area contributed by atoms with Gasteiger partial charge in [0.15, 0.2) is 5.69 Å². The summed E-state index contributed by atoms with van der Waals surface area (Å²) in [5, 5.41) is 7.91. The molecular weight excluding hydrogens is 222 g/mol. The molecule has 0 amide bonds. The van der Waals surface area contributed by atoms with Gasteiger partial charge in [-0.1, -0.05) is 12.1 Å². The Hall–Kier alpha value is -1.43. The second-order valence-corrected chi connectivity index (χ2v) is 3.82. The van der Waals surface area contributed by atoms with Gasteiger partial charge in [-0.25, -0.2) is 9.48 Å². The molecule has 0 aliphatic carbocycles. The molecule has 1 rings (SSSR count). The van der Waals surface area contributed by atoms with Crippen LogP contribution in [0.3, 0.4) is 0 Å². The van der Waals surface area contributed by atoms with Crippen molar-refractivity contribution in [3.05, 3.63) is 11.4 Å². The van der Waals surface area contributed by atoms with E-state index in [1.807, 2.05) is 6.92 Å². The van der Waals surface area contributed by atoms with Crippen LogP contribution in [0.5, 0.6) is 0 Å². The van der Waals surface area contributed by atoms with E-state index in [1.54, 1.807) is 11.8 Å². The third kappa shape index (κ3) is 3.03. The Bertz CT molecular complexity index is 376. The zero-order chi connectivity index (χ0) is 12.8. The summed E-state index contributed by atoms with van der Waals surface area (Å²) in [4.78, 5) is 11.5. The van der Waals surface area contributed by atoms with E-state index in [1.165, 1.54) is 7.11 Å². The number of esters is 1. The fraction of sp³-hybridized carbons (Fsp3) is 0.727. The van der Waals surface area contributed by atoms with Crippen LogP contribution < -0.4 is 0 Å². The Balaban J connectivity index is 3.05. The molecule has 1 aromatic heterocycles. The van der Waals surface area contributed by atoms with Gasteiger partial charge in [0.2, 0.25) is 0 Å². The van der Waals surface area contributed by atoms with Crippen molar-refractivity contribution < 1.29 is 14.3 Å². The Morgan fingerprint density at radius 3 is 2.71 bits per heavy atom. The first-order chi connectivity index (χ1) is 8.15. The molecule has 0 bridgehead atoms. The van der Waals surface area contributed by atoms with Crippen molar-refractivity contribution in [1.82, 2.24) is 15.0 Å². The Labute approximate surface area is 101 Å². The first kappa shape index (κ1) is 13.6. The van der Waals surface area contributed by atoms with Gasteiger partial charge < -0.3 is 9.47 Å². The molecule has 0 fully saturated rings. The number of nitrogens with zero attached hydrogens (tertiary/aromatic N) is 3. The van der Waals surface area contributed by atoms with E-state index in [9.17, 15) is 4.79 Å². The fourth-order valence-electron chi connectivity index (χ4n) is 1.53. The van der Waals surface area contributed by atoms with E-state index < -0.39 is 5.97 Å². The van der Waals surface area contributed by atoms with Gasteiger partial charge in [0.1, 0.15) is 0 Å². The highest BCUT2D eigenvalue weighted by Crippen LogP contribution is 2.16. The summed E-state index contributed by atoms with van der Waals surface area (Å²) in [5.74, 6) is -0.453. The Morgan fingerprint density at radius 2 is 2.18 bits per heavy atom. The molecule has 0 radical (unpaired) electrons. The number of carbonyl (C=O) groups is 1. The topological polar surface area (TPSA) is 66.2 Å². The van der Waals surface area contributed by atoms with Crippen LogP contribution in [0.4, 0.5) is 0 Å². The molecule has 96 valence electrons. The molecule has 0 aromatic carbocycles. The minimum absolute atomic E-state index is 0.202. The maximum absolute atomic E-state index is 11.5.